The first-order valence-electron chi connectivity index (χ1n) is 8.03. The Hall–Kier alpha value is -1.73. The lowest BCUT2D eigenvalue weighted by Gasteiger charge is -2.32. The lowest BCUT2D eigenvalue weighted by Crippen LogP contribution is -2.42. The molecule has 2 rings (SSSR count). The fourth-order valence-electron chi connectivity index (χ4n) is 2.32. The van der Waals surface area contributed by atoms with Crippen molar-refractivity contribution in [3.8, 4) is 5.75 Å². The average molecular weight is 335 g/mol. The van der Waals surface area contributed by atoms with Gasteiger partial charge in [-0.15, -0.1) is 0 Å². The summed E-state index contributed by atoms with van der Waals surface area (Å²) in [6.07, 6.45) is -1.07. The van der Waals surface area contributed by atoms with Gasteiger partial charge in [0.2, 0.25) is 0 Å². The van der Waals surface area contributed by atoms with Crippen LogP contribution >= 0.6 is 0 Å². The van der Waals surface area contributed by atoms with Gasteiger partial charge in [-0.05, 0) is 59.1 Å². The lowest BCUT2D eigenvalue weighted by atomic mass is 9.79. The normalized spacial score (nSPS) is 19.2. The second kappa shape index (κ2) is 6.29. The van der Waals surface area contributed by atoms with Crippen molar-refractivity contribution in [3.05, 3.63) is 24.3 Å². The Balaban J connectivity index is 2.03. The zero-order valence-electron chi connectivity index (χ0n) is 15.2. The molecule has 1 aliphatic heterocycles. The molecule has 1 saturated heterocycles. The van der Waals surface area contributed by atoms with Crippen LogP contribution in [0.3, 0.4) is 0 Å². The first kappa shape index (κ1) is 18.6. The molecule has 132 valence electrons. The largest absolute Gasteiger partial charge is 0.494 e. The minimum Gasteiger partial charge on any atom is -0.486 e. The Morgan fingerprint density at radius 1 is 1.17 bits per heavy atom. The molecule has 0 bridgehead atoms. The van der Waals surface area contributed by atoms with E-state index < -0.39 is 18.8 Å². The van der Waals surface area contributed by atoms with Gasteiger partial charge in [0, 0.05) is 0 Å². The maximum absolute atomic E-state index is 10.6. The van der Waals surface area contributed by atoms with Crippen LogP contribution in [0.4, 0.5) is 4.79 Å². The molecule has 0 radical (unpaired) electrons. The molecule has 1 amide bonds. The number of benzene rings is 1. The Bertz CT molecular complexity index is 582. The molecule has 6 nitrogen and oxygen atoms in total. The highest BCUT2D eigenvalue weighted by Crippen LogP contribution is 2.36. The molecule has 1 aliphatic rings. The van der Waals surface area contributed by atoms with Gasteiger partial charge >= 0.3 is 13.2 Å². The van der Waals surface area contributed by atoms with E-state index in [1.54, 1.807) is 0 Å². The van der Waals surface area contributed by atoms with Gasteiger partial charge in [0.25, 0.3) is 0 Å². The van der Waals surface area contributed by atoms with Gasteiger partial charge in [0.15, 0.2) is 0 Å². The number of ether oxygens (including phenoxy) is 1. The van der Waals surface area contributed by atoms with E-state index in [1.165, 1.54) is 0 Å². The van der Waals surface area contributed by atoms with Gasteiger partial charge in [-0.1, -0.05) is 12.1 Å². The fraction of sp³-hybridized carbons (Fsp3) is 0.588. The minimum atomic E-state index is -1.07. The van der Waals surface area contributed by atoms with Crippen LogP contribution < -0.4 is 15.5 Å². The van der Waals surface area contributed by atoms with E-state index in [-0.39, 0.29) is 17.7 Å². The number of hydrogen-bond donors (Lipinski definition) is 2. The van der Waals surface area contributed by atoms with E-state index in [1.807, 2.05) is 65.8 Å². The molecule has 0 saturated carbocycles. The number of amides is 1. The highest BCUT2D eigenvalue weighted by molar-refractivity contribution is 6.62. The highest BCUT2D eigenvalue weighted by Gasteiger charge is 2.51. The summed E-state index contributed by atoms with van der Waals surface area (Å²) in [6, 6.07) is 7.47. The molecule has 0 spiro atoms. The van der Waals surface area contributed by atoms with Crippen LogP contribution in [-0.2, 0) is 9.31 Å². The number of carboxylic acid groups (broad SMARTS) is 1. The molecule has 0 unspecified atom stereocenters. The van der Waals surface area contributed by atoms with Crippen LogP contribution in [0.2, 0.25) is 0 Å². The Labute approximate surface area is 143 Å². The maximum Gasteiger partial charge on any atom is 0.494 e. The van der Waals surface area contributed by atoms with E-state index >= 15 is 0 Å². The predicted molar refractivity (Wildman–Crippen MR) is 92.9 cm³/mol. The summed E-state index contributed by atoms with van der Waals surface area (Å²) in [4.78, 5) is 10.6. The molecule has 1 aromatic carbocycles. The van der Waals surface area contributed by atoms with Crippen molar-refractivity contribution >= 4 is 18.7 Å². The van der Waals surface area contributed by atoms with E-state index in [2.05, 4.69) is 5.32 Å². The van der Waals surface area contributed by atoms with Crippen molar-refractivity contribution in [3.63, 3.8) is 0 Å². The number of nitrogens with one attached hydrogen (secondary N) is 1. The van der Waals surface area contributed by atoms with E-state index in [9.17, 15) is 4.79 Å². The molecule has 1 heterocycles. The first-order valence-corrected chi connectivity index (χ1v) is 8.03. The second-order valence-corrected chi connectivity index (χ2v) is 7.68. The molecule has 0 aliphatic carbocycles. The van der Waals surface area contributed by atoms with Gasteiger partial charge in [-0.3, -0.25) is 0 Å². The van der Waals surface area contributed by atoms with Crippen LogP contribution in [0, 0.1) is 0 Å². The van der Waals surface area contributed by atoms with Crippen LogP contribution in [-0.4, -0.2) is 41.7 Å². The third-order valence-electron chi connectivity index (χ3n) is 4.46. The smallest absolute Gasteiger partial charge is 0.486 e. The molecule has 0 aromatic heterocycles. The van der Waals surface area contributed by atoms with Crippen LogP contribution in [0.25, 0.3) is 0 Å². The second-order valence-electron chi connectivity index (χ2n) is 7.68. The van der Waals surface area contributed by atoms with Gasteiger partial charge in [0.1, 0.15) is 11.4 Å². The minimum absolute atomic E-state index is 0.196. The lowest BCUT2D eigenvalue weighted by molar-refractivity contribution is 0.00578. The molecule has 2 N–H and O–H groups in total. The maximum atomic E-state index is 10.6. The van der Waals surface area contributed by atoms with E-state index in [0.717, 1.165) is 5.46 Å². The van der Waals surface area contributed by atoms with Crippen molar-refractivity contribution < 1.29 is 23.9 Å². The number of rotatable bonds is 5. The van der Waals surface area contributed by atoms with Gasteiger partial charge in [-0.25, -0.2) is 4.79 Å². The summed E-state index contributed by atoms with van der Waals surface area (Å²) in [5, 5.41) is 11.0. The summed E-state index contributed by atoms with van der Waals surface area (Å²) in [5.41, 5.74) is -0.485. The highest BCUT2D eigenvalue weighted by atomic mass is 16.7. The zero-order chi connectivity index (χ0) is 18.2. The fourth-order valence-corrected chi connectivity index (χ4v) is 2.32. The molecule has 1 fully saturated rings. The van der Waals surface area contributed by atoms with Crippen LogP contribution in [0.5, 0.6) is 5.75 Å². The molecule has 7 heteroatoms. The molecule has 1 aromatic rings. The van der Waals surface area contributed by atoms with Crippen molar-refractivity contribution in [1.82, 2.24) is 5.32 Å². The number of hydrogen-bond acceptors (Lipinski definition) is 4. The van der Waals surface area contributed by atoms with Gasteiger partial charge in [-0.2, -0.15) is 0 Å². The van der Waals surface area contributed by atoms with Crippen LogP contribution in [0.1, 0.15) is 41.5 Å². The third kappa shape index (κ3) is 4.21. The monoisotopic (exact) mass is 335 g/mol. The molecule has 0 atom stereocenters. The standard InChI is InChI=1S/C17H26BNO5/c1-15(2,11-19-14(20)21)22-13-9-7-12(8-10-13)18-23-16(3,4)17(5,6)24-18/h7-10,19H,11H2,1-6H3,(H,20,21). The summed E-state index contributed by atoms with van der Waals surface area (Å²) < 4.78 is 17.9. The van der Waals surface area contributed by atoms with E-state index in [4.69, 9.17) is 19.2 Å². The third-order valence-corrected chi connectivity index (χ3v) is 4.46. The Morgan fingerprint density at radius 3 is 2.12 bits per heavy atom. The van der Waals surface area contributed by atoms with Crippen molar-refractivity contribution in [1.29, 1.82) is 0 Å². The summed E-state index contributed by atoms with van der Waals surface area (Å²) in [7, 11) is -0.411. The Morgan fingerprint density at radius 2 is 1.67 bits per heavy atom. The number of carbonyl (C=O) groups is 1. The molecular weight excluding hydrogens is 309 g/mol. The first-order chi connectivity index (χ1) is 10.9. The Kier molecular flexibility index (Phi) is 4.88. The van der Waals surface area contributed by atoms with Crippen molar-refractivity contribution in [2.24, 2.45) is 0 Å². The summed E-state index contributed by atoms with van der Waals surface area (Å²) >= 11 is 0. The summed E-state index contributed by atoms with van der Waals surface area (Å²) in [6.45, 7) is 11.9. The predicted octanol–water partition coefficient (Wildman–Crippen LogP) is 2.41. The van der Waals surface area contributed by atoms with Crippen molar-refractivity contribution in [2.75, 3.05) is 6.54 Å². The van der Waals surface area contributed by atoms with Crippen LogP contribution in [0.15, 0.2) is 24.3 Å². The van der Waals surface area contributed by atoms with Gasteiger partial charge in [0.05, 0.1) is 17.7 Å². The SMILES string of the molecule is CC(C)(CNC(=O)O)Oc1ccc(B2OC(C)(C)C(C)(C)O2)cc1. The van der Waals surface area contributed by atoms with E-state index in [0.29, 0.717) is 5.75 Å². The molecular formula is C17H26BNO5. The summed E-state index contributed by atoms with van der Waals surface area (Å²) in [5.74, 6) is 0.660. The van der Waals surface area contributed by atoms with Crippen molar-refractivity contribution in [2.45, 2.75) is 58.3 Å². The zero-order valence-corrected chi connectivity index (χ0v) is 15.2. The quantitative estimate of drug-likeness (QED) is 0.808. The average Bonchev–Trinajstić information content (AvgIpc) is 2.66. The van der Waals surface area contributed by atoms with Gasteiger partial charge < -0.3 is 24.5 Å². The molecule has 24 heavy (non-hydrogen) atoms. The topological polar surface area (TPSA) is 77.0 Å².